The molecule has 0 bridgehead atoms. The quantitative estimate of drug-likeness (QED) is 0.0204. The van der Waals surface area contributed by atoms with Crippen molar-refractivity contribution >= 4 is 5.91 Å². The Balaban J connectivity index is 1.66. The summed E-state index contributed by atoms with van der Waals surface area (Å²) in [5.74, 6) is -0.248. The number of hydrogen-bond acceptors (Lipinski definition) is 13. The zero-order valence-electron chi connectivity index (χ0n) is 47.6. The molecule has 75 heavy (non-hydrogen) atoms. The Labute approximate surface area is 456 Å². The number of aliphatic hydroxyl groups excluding tert-OH is 8. The lowest BCUT2D eigenvalue weighted by atomic mass is 9.97. The van der Waals surface area contributed by atoms with Crippen LogP contribution >= 0.6 is 0 Å². The molecule has 0 radical (unpaired) electrons. The van der Waals surface area contributed by atoms with Crippen LogP contribution in [0.2, 0.25) is 0 Å². The average Bonchev–Trinajstić information content (AvgIpc) is 3.41. The Morgan fingerprint density at radius 1 is 0.467 bits per heavy atom. The van der Waals surface area contributed by atoms with E-state index in [1.54, 1.807) is 6.08 Å². The normalized spacial score (nSPS) is 25.1. The van der Waals surface area contributed by atoms with Gasteiger partial charge in [-0.1, -0.05) is 244 Å². The van der Waals surface area contributed by atoms with Crippen molar-refractivity contribution in [2.75, 3.05) is 19.8 Å². The molecule has 0 spiro atoms. The average molecular weight is 1070 g/mol. The lowest BCUT2D eigenvalue weighted by molar-refractivity contribution is -0.359. The minimum absolute atomic E-state index is 0.248. The van der Waals surface area contributed by atoms with E-state index in [-0.39, 0.29) is 18.9 Å². The smallest absolute Gasteiger partial charge is 0.220 e. The van der Waals surface area contributed by atoms with Crippen LogP contribution < -0.4 is 5.32 Å². The van der Waals surface area contributed by atoms with Crippen molar-refractivity contribution in [1.29, 1.82) is 0 Å². The summed E-state index contributed by atoms with van der Waals surface area (Å²) in [6.45, 7) is 2.77. The highest BCUT2D eigenvalue weighted by Gasteiger charge is 2.51. The van der Waals surface area contributed by atoms with Crippen LogP contribution in [0.3, 0.4) is 0 Å². The molecule has 2 aliphatic rings. The molecular weight excluding hydrogens is 955 g/mol. The number of allylic oxidation sites excluding steroid dienone is 3. The minimum atomic E-state index is -1.79. The first-order chi connectivity index (χ1) is 36.6. The fourth-order valence-electron chi connectivity index (χ4n) is 10.3. The maximum atomic E-state index is 13.2. The molecule has 9 N–H and O–H groups in total. The van der Waals surface area contributed by atoms with Gasteiger partial charge in [0.2, 0.25) is 5.91 Å². The van der Waals surface area contributed by atoms with Crippen LogP contribution in [0.25, 0.3) is 0 Å². The summed E-state index contributed by atoms with van der Waals surface area (Å²) in [6, 6.07) is -0.916. The van der Waals surface area contributed by atoms with Crippen molar-refractivity contribution < 1.29 is 64.6 Å². The van der Waals surface area contributed by atoms with Gasteiger partial charge in [0.05, 0.1) is 32.0 Å². The molecule has 2 heterocycles. The Bertz CT molecular complexity index is 1350. The molecule has 442 valence electrons. The molecule has 2 aliphatic heterocycles. The predicted octanol–water partition coefficient (Wildman–Crippen LogP) is 10.8. The molecule has 1 amide bonds. The van der Waals surface area contributed by atoms with Gasteiger partial charge in [0.15, 0.2) is 12.6 Å². The van der Waals surface area contributed by atoms with Gasteiger partial charge in [-0.25, -0.2) is 0 Å². The molecule has 0 saturated carbocycles. The van der Waals surface area contributed by atoms with E-state index in [1.807, 2.05) is 6.08 Å². The van der Waals surface area contributed by atoms with Gasteiger partial charge >= 0.3 is 0 Å². The summed E-state index contributed by atoms with van der Waals surface area (Å²) in [7, 11) is 0. The van der Waals surface area contributed by atoms with E-state index in [1.165, 1.54) is 180 Å². The molecule has 12 unspecified atom stereocenters. The van der Waals surface area contributed by atoms with E-state index in [9.17, 15) is 45.6 Å². The van der Waals surface area contributed by atoms with Gasteiger partial charge in [0.1, 0.15) is 48.8 Å². The molecule has 2 fully saturated rings. The molecule has 0 aromatic heterocycles. The van der Waals surface area contributed by atoms with Crippen LogP contribution in [-0.4, -0.2) is 140 Å². The van der Waals surface area contributed by atoms with Gasteiger partial charge < -0.3 is 65.1 Å². The maximum Gasteiger partial charge on any atom is 0.220 e. The number of carbonyl (C=O) groups excluding carboxylic acids is 1. The first-order valence-corrected chi connectivity index (χ1v) is 31.1. The Kier molecular flexibility index (Phi) is 43.9. The number of aliphatic hydroxyl groups is 8. The molecule has 14 heteroatoms. The van der Waals surface area contributed by atoms with E-state index in [0.717, 1.165) is 57.8 Å². The highest BCUT2D eigenvalue weighted by Crippen LogP contribution is 2.30. The third kappa shape index (κ3) is 33.0. The first kappa shape index (κ1) is 69.6. The standard InChI is InChI=1S/C61H115NO13/c1-3-5-7-9-11-13-15-16-17-18-19-20-21-22-23-24-25-26-27-28-29-30-31-32-33-35-36-38-40-42-44-50(65)49(62-53(66)45-43-41-39-37-34-14-12-10-8-6-4-2)48-72-60-58(71)56(69)59(52(47-64)74-60)75-61-57(70)55(68)54(67)51(46-63)73-61/h10,12,42,44,49-52,54-61,63-65,67-71H,3-9,11,13-41,43,45-48H2,1-2H3,(H,62,66)/b12-10-,44-42+. The van der Waals surface area contributed by atoms with E-state index in [2.05, 4.69) is 31.3 Å². The number of amides is 1. The second-order valence-electron chi connectivity index (χ2n) is 22.2. The zero-order valence-corrected chi connectivity index (χ0v) is 47.6. The van der Waals surface area contributed by atoms with Gasteiger partial charge in [-0.05, 0) is 38.5 Å². The van der Waals surface area contributed by atoms with Crippen molar-refractivity contribution in [3.63, 3.8) is 0 Å². The van der Waals surface area contributed by atoms with Crippen LogP contribution in [0.4, 0.5) is 0 Å². The highest BCUT2D eigenvalue weighted by atomic mass is 16.7. The van der Waals surface area contributed by atoms with Gasteiger partial charge in [-0.3, -0.25) is 4.79 Å². The van der Waals surface area contributed by atoms with E-state index >= 15 is 0 Å². The van der Waals surface area contributed by atoms with Gasteiger partial charge in [-0.15, -0.1) is 0 Å². The number of hydrogen-bond donors (Lipinski definition) is 9. The van der Waals surface area contributed by atoms with Crippen LogP contribution in [0, 0.1) is 0 Å². The van der Waals surface area contributed by atoms with E-state index in [0.29, 0.717) is 6.42 Å². The monoisotopic (exact) mass is 1070 g/mol. The molecule has 12 atom stereocenters. The number of nitrogens with one attached hydrogen (secondary N) is 1. The topological polar surface area (TPSA) is 228 Å². The molecule has 0 aliphatic carbocycles. The molecule has 0 aromatic carbocycles. The van der Waals surface area contributed by atoms with Crippen molar-refractivity contribution in [2.24, 2.45) is 0 Å². The lowest BCUT2D eigenvalue weighted by Crippen LogP contribution is -2.65. The van der Waals surface area contributed by atoms with Crippen molar-refractivity contribution in [2.45, 2.75) is 338 Å². The summed E-state index contributed by atoms with van der Waals surface area (Å²) in [4.78, 5) is 13.2. The van der Waals surface area contributed by atoms with Crippen LogP contribution in [0.1, 0.15) is 264 Å². The maximum absolute atomic E-state index is 13.2. The van der Waals surface area contributed by atoms with Gasteiger partial charge in [-0.2, -0.15) is 0 Å². The molecule has 14 nitrogen and oxygen atoms in total. The van der Waals surface area contributed by atoms with Crippen LogP contribution in [0.5, 0.6) is 0 Å². The first-order valence-electron chi connectivity index (χ1n) is 31.1. The van der Waals surface area contributed by atoms with Crippen LogP contribution in [0.15, 0.2) is 24.3 Å². The summed E-state index contributed by atoms with van der Waals surface area (Å²) in [6.07, 6.45) is 39.7. The Morgan fingerprint density at radius 2 is 0.853 bits per heavy atom. The number of carbonyl (C=O) groups is 1. The SMILES string of the molecule is CCCC/C=C\CCCCCCCC(=O)NC(COC1OC(CO)C(OC2OC(CO)C(O)C(O)C2O)C(O)C1O)C(O)/C=C/CCCCCCCCCCCCCCCCCCCCCCCCCCCCCC. The molecular formula is C61H115NO13. The second-order valence-corrected chi connectivity index (χ2v) is 22.2. The number of ether oxygens (including phenoxy) is 4. The Hall–Kier alpha value is -1.53. The molecule has 0 aromatic rings. The Morgan fingerprint density at radius 3 is 1.31 bits per heavy atom. The van der Waals surface area contributed by atoms with Gasteiger partial charge in [0.25, 0.3) is 0 Å². The molecule has 2 saturated heterocycles. The fraction of sp³-hybridized carbons (Fsp3) is 0.918. The summed E-state index contributed by atoms with van der Waals surface area (Å²) >= 11 is 0. The van der Waals surface area contributed by atoms with Crippen molar-refractivity contribution in [3.05, 3.63) is 24.3 Å². The fourth-order valence-corrected chi connectivity index (χ4v) is 10.3. The van der Waals surface area contributed by atoms with Crippen LogP contribution in [-0.2, 0) is 23.7 Å². The third-order valence-electron chi connectivity index (χ3n) is 15.4. The number of unbranched alkanes of at least 4 members (excludes halogenated alkanes) is 35. The van der Waals surface area contributed by atoms with Crippen molar-refractivity contribution in [3.8, 4) is 0 Å². The largest absolute Gasteiger partial charge is 0.394 e. The van der Waals surface area contributed by atoms with E-state index < -0.39 is 86.8 Å². The second kappa shape index (κ2) is 47.3. The molecule has 2 rings (SSSR count). The summed E-state index contributed by atoms with van der Waals surface area (Å²) < 4.78 is 22.7. The highest BCUT2D eigenvalue weighted by molar-refractivity contribution is 5.76. The lowest BCUT2D eigenvalue weighted by Gasteiger charge is -2.46. The van der Waals surface area contributed by atoms with Gasteiger partial charge in [0, 0.05) is 6.42 Å². The zero-order chi connectivity index (χ0) is 54.6. The van der Waals surface area contributed by atoms with E-state index in [4.69, 9.17) is 18.9 Å². The van der Waals surface area contributed by atoms with Crippen molar-refractivity contribution in [1.82, 2.24) is 5.32 Å². The minimum Gasteiger partial charge on any atom is -0.394 e. The third-order valence-corrected chi connectivity index (χ3v) is 15.4. The predicted molar refractivity (Wildman–Crippen MR) is 300 cm³/mol. The summed E-state index contributed by atoms with van der Waals surface area (Å²) in [5.41, 5.74) is 0. The summed E-state index contributed by atoms with van der Waals surface area (Å²) in [5, 5.41) is 87.0. The number of rotatable bonds is 50.